The molecular formula is C26H20Cl2N2O3S2. The summed E-state index contributed by atoms with van der Waals surface area (Å²) in [5, 5.41) is 3.51. The Bertz CT molecular complexity index is 1360. The molecule has 1 N–H and O–H groups in total. The normalized spacial score (nSPS) is 14.5. The lowest BCUT2D eigenvalue weighted by Gasteiger charge is -2.15. The summed E-state index contributed by atoms with van der Waals surface area (Å²) in [4.78, 5) is 27.3. The Balaban J connectivity index is 1.38. The fourth-order valence-electron chi connectivity index (χ4n) is 3.29. The second-order valence-corrected chi connectivity index (χ2v) is 10.3. The number of hydrogen-bond donors (Lipinski definition) is 1. The smallest absolute Gasteiger partial charge is 0.270 e. The maximum atomic E-state index is 13.0. The van der Waals surface area contributed by atoms with Gasteiger partial charge in [0.25, 0.3) is 11.8 Å². The lowest BCUT2D eigenvalue weighted by atomic mass is 10.1. The number of anilines is 2. The highest BCUT2D eigenvalue weighted by atomic mass is 35.5. The van der Waals surface area contributed by atoms with Gasteiger partial charge in [-0.05, 0) is 79.1 Å². The van der Waals surface area contributed by atoms with Crippen molar-refractivity contribution in [3.8, 4) is 5.75 Å². The van der Waals surface area contributed by atoms with Crippen LogP contribution in [0.2, 0.25) is 10.0 Å². The van der Waals surface area contributed by atoms with Crippen molar-refractivity contribution in [1.29, 1.82) is 0 Å². The van der Waals surface area contributed by atoms with Gasteiger partial charge < -0.3 is 10.1 Å². The van der Waals surface area contributed by atoms with Gasteiger partial charge in [-0.15, -0.1) is 0 Å². The molecule has 0 saturated carbocycles. The Morgan fingerprint density at radius 2 is 1.80 bits per heavy atom. The van der Waals surface area contributed by atoms with Crippen LogP contribution in [0.15, 0.2) is 65.6 Å². The van der Waals surface area contributed by atoms with E-state index in [4.69, 9.17) is 40.2 Å². The van der Waals surface area contributed by atoms with Gasteiger partial charge in [0.1, 0.15) is 5.75 Å². The van der Waals surface area contributed by atoms with Crippen molar-refractivity contribution in [3.05, 3.63) is 92.3 Å². The van der Waals surface area contributed by atoms with Gasteiger partial charge in [-0.3, -0.25) is 14.5 Å². The Morgan fingerprint density at radius 3 is 2.49 bits per heavy atom. The third kappa shape index (κ3) is 6.05. The molecule has 1 heterocycles. The molecule has 1 aliphatic heterocycles. The Labute approximate surface area is 223 Å². The minimum Gasteiger partial charge on any atom is -0.484 e. The van der Waals surface area contributed by atoms with E-state index in [1.54, 1.807) is 41.3 Å². The molecule has 4 rings (SSSR count). The molecule has 1 saturated heterocycles. The van der Waals surface area contributed by atoms with E-state index in [9.17, 15) is 9.59 Å². The van der Waals surface area contributed by atoms with Crippen LogP contribution in [-0.4, -0.2) is 22.7 Å². The molecule has 0 atom stereocenters. The number of benzene rings is 3. The summed E-state index contributed by atoms with van der Waals surface area (Å²) in [7, 11) is 0. The number of aryl methyl sites for hydroxylation is 2. The Morgan fingerprint density at radius 1 is 1.06 bits per heavy atom. The average molecular weight is 543 g/mol. The van der Waals surface area contributed by atoms with Gasteiger partial charge in [-0.25, -0.2) is 0 Å². The summed E-state index contributed by atoms with van der Waals surface area (Å²) in [5.74, 6) is 0.0107. The molecule has 0 bridgehead atoms. The predicted molar refractivity (Wildman–Crippen MR) is 149 cm³/mol. The van der Waals surface area contributed by atoms with Crippen molar-refractivity contribution < 1.29 is 14.3 Å². The highest BCUT2D eigenvalue weighted by Gasteiger charge is 2.33. The van der Waals surface area contributed by atoms with E-state index in [0.717, 1.165) is 22.4 Å². The zero-order valence-corrected chi connectivity index (χ0v) is 21.9. The summed E-state index contributed by atoms with van der Waals surface area (Å²) >= 11 is 18.7. The van der Waals surface area contributed by atoms with Crippen LogP contribution in [0.4, 0.5) is 11.4 Å². The first-order valence-corrected chi connectivity index (χ1v) is 12.5. The molecule has 2 amide bonds. The molecule has 1 aliphatic rings. The largest absolute Gasteiger partial charge is 0.484 e. The molecule has 0 aromatic heterocycles. The molecule has 35 heavy (non-hydrogen) atoms. The van der Waals surface area contributed by atoms with E-state index >= 15 is 0 Å². The minimum atomic E-state index is -0.353. The number of thioether (sulfide) groups is 1. The number of nitrogens with zero attached hydrogens (tertiary/aromatic N) is 1. The third-order valence-electron chi connectivity index (χ3n) is 5.30. The summed E-state index contributed by atoms with van der Waals surface area (Å²) in [6, 6.07) is 17.8. The molecule has 0 unspecified atom stereocenters. The second-order valence-electron chi connectivity index (χ2n) is 7.82. The van der Waals surface area contributed by atoms with E-state index in [1.165, 1.54) is 11.8 Å². The van der Waals surface area contributed by atoms with Crippen LogP contribution in [0.25, 0.3) is 6.08 Å². The molecule has 0 aliphatic carbocycles. The van der Waals surface area contributed by atoms with Crippen molar-refractivity contribution in [3.63, 3.8) is 0 Å². The molecule has 3 aromatic rings. The number of hydrogen-bond acceptors (Lipinski definition) is 5. The predicted octanol–water partition coefficient (Wildman–Crippen LogP) is 7.03. The van der Waals surface area contributed by atoms with Gasteiger partial charge in [0.2, 0.25) is 0 Å². The highest BCUT2D eigenvalue weighted by Crippen LogP contribution is 2.36. The van der Waals surface area contributed by atoms with E-state index < -0.39 is 0 Å². The number of halogens is 2. The van der Waals surface area contributed by atoms with Gasteiger partial charge in [-0.1, -0.05) is 65.4 Å². The average Bonchev–Trinajstić information content (AvgIpc) is 3.10. The fourth-order valence-corrected chi connectivity index (χ4v) is 5.05. The van der Waals surface area contributed by atoms with Crippen LogP contribution in [0.3, 0.4) is 0 Å². The molecule has 5 nitrogen and oxygen atoms in total. The van der Waals surface area contributed by atoms with E-state index in [1.807, 2.05) is 44.2 Å². The quantitative estimate of drug-likeness (QED) is 0.267. The zero-order chi connectivity index (χ0) is 25.1. The number of ether oxygens (including phenoxy) is 1. The molecule has 0 spiro atoms. The second kappa shape index (κ2) is 10.8. The van der Waals surface area contributed by atoms with Crippen molar-refractivity contribution in [2.24, 2.45) is 0 Å². The van der Waals surface area contributed by atoms with Gasteiger partial charge in [-0.2, -0.15) is 0 Å². The van der Waals surface area contributed by atoms with E-state index in [2.05, 4.69) is 5.32 Å². The van der Waals surface area contributed by atoms with Gasteiger partial charge in [0.05, 0.1) is 21.3 Å². The molecule has 9 heteroatoms. The number of thiocarbonyl (C=S) groups is 1. The van der Waals surface area contributed by atoms with Crippen LogP contribution in [-0.2, 0) is 9.59 Å². The van der Waals surface area contributed by atoms with Crippen molar-refractivity contribution in [1.82, 2.24) is 0 Å². The molecule has 3 aromatic carbocycles. The first kappa shape index (κ1) is 25.3. The SMILES string of the molecule is Cc1ccc(N2C(=O)/C(=C/c3ccc(OCC(=O)Nc4ccc(Cl)cc4Cl)cc3)SC2=S)cc1C. The summed E-state index contributed by atoms with van der Waals surface area (Å²) in [6.07, 6.45) is 1.79. The van der Waals surface area contributed by atoms with Crippen LogP contribution in [0.1, 0.15) is 16.7 Å². The summed E-state index contributed by atoms with van der Waals surface area (Å²) < 4.78 is 6.06. The fraction of sp³-hybridized carbons (Fsp3) is 0.115. The lowest BCUT2D eigenvalue weighted by molar-refractivity contribution is -0.118. The lowest BCUT2D eigenvalue weighted by Crippen LogP contribution is -2.27. The monoisotopic (exact) mass is 542 g/mol. The Hall–Kier alpha value is -2.84. The molecule has 178 valence electrons. The first-order valence-electron chi connectivity index (χ1n) is 10.5. The van der Waals surface area contributed by atoms with Crippen molar-refractivity contribution in [2.75, 3.05) is 16.8 Å². The van der Waals surface area contributed by atoms with Crippen molar-refractivity contribution in [2.45, 2.75) is 13.8 Å². The highest BCUT2D eigenvalue weighted by molar-refractivity contribution is 8.27. The Kier molecular flexibility index (Phi) is 7.82. The van der Waals surface area contributed by atoms with Crippen LogP contribution in [0.5, 0.6) is 5.75 Å². The number of amides is 2. The van der Waals surface area contributed by atoms with Gasteiger partial charge in [0.15, 0.2) is 10.9 Å². The van der Waals surface area contributed by atoms with Gasteiger partial charge in [0, 0.05) is 5.02 Å². The number of carbonyl (C=O) groups is 2. The third-order valence-corrected chi connectivity index (χ3v) is 7.15. The molecule has 1 fully saturated rings. The maximum absolute atomic E-state index is 13.0. The van der Waals surface area contributed by atoms with E-state index in [0.29, 0.717) is 30.7 Å². The van der Waals surface area contributed by atoms with Crippen LogP contribution in [0, 0.1) is 13.8 Å². The summed E-state index contributed by atoms with van der Waals surface area (Å²) in [5.41, 5.74) is 4.29. The first-order chi connectivity index (χ1) is 16.7. The topological polar surface area (TPSA) is 58.6 Å². The van der Waals surface area contributed by atoms with Crippen molar-refractivity contribution >= 4 is 80.8 Å². The summed E-state index contributed by atoms with van der Waals surface area (Å²) in [6.45, 7) is 3.84. The van der Waals surface area contributed by atoms with Crippen LogP contribution >= 0.6 is 47.2 Å². The molecule has 0 radical (unpaired) electrons. The maximum Gasteiger partial charge on any atom is 0.270 e. The zero-order valence-electron chi connectivity index (χ0n) is 18.8. The number of nitrogens with one attached hydrogen (secondary N) is 1. The molecular weight excluding hydrogens is 523 g/mol. The minimum absolute atomic E-state index is 0.152. The van der Waals surface area contributed by atoms with E-state index in [-0.39, 0.29) is 18.4 Å². The number of rotatable bonds is 6. The van der Waals surface area contributed by atoms with Crippen LogP contribution < -0.4 is 15.0 Å². The van der Waals surface area contributed by atoms with Gasteiger partial charge >= 0.3 is 0 Å². The number of carbonyl (C=O) groups excluding carboxylic acids is 2. The standard InChI is InChI=1S/C26H20Cl2N2O3S2/c1-15-3-7-19(11-16(15)2)30-25(32)23(35-26(30)34)12-17-4-8-20(9-5-17)33-14-24(31)29-22-10-6-18(27)13-21(22)28/h3-13H,14H2,1-2H3,(H,29,31)/b23-12-.